The number of aliphatic hydroxyl groups is 1. The summed E-state index contributed by atoms with van der Waals surface area (Å²) in [6, 6.07) is 6.12. The van der Waals surface area contributed by atoms with E-state index in [0.29, 0.717) is 32.1 Å². The molecule has 1 aliphatic heterocycles. The zero-order chi connectivity index (χ0) is 21.4. The average Bonchev–Trinajstić information content (AvgIpc) is 3.42. The predicted octanol–water partition coefficient (Wildman–Crippen LogP) is 2.79. The number of fused-ring (bicyclic) bond motifs is 4. The lowest BCUT2D eigenvalue weighted by Crippen LogP contribution is -2.09. The van der Waals surface area contributed by atoms with Crippen LogP contribution in [0.5, 0.6) is 11.8 Å². The van der Waals surface area contributed by atoms with Gasteiger partial charge >= 0.3 is 0 Å². The van der Waals surface area contributed by atoms with Crippen LogP contribution in [0.4, 0.5) is 0 Å². The minimum absolute atomic E-state index is 0.0138. The lowest BCUT2D eigenvalue weighted by Gasteiger charge is -2.10. The molecule has 3 aromatic heterocycles. The number of benzene rings is 1. The summed E-state index contributed by atoms with van der Waals surface area (Å²) in [5, 5.41) is 26.8. The fourth-order valence-corrected chi connectivity index (χ4v) is 3.83. The van der Waals surface area contributed by atoms with Gasteiger partial charge in [-0.2, -0.15) is 10.2 Å². The number of rotatable bonds is 2. The highest BCUT2D eigenvalue weighted by Gasteiger charge is 2.17. The van der Waals surface area contributed by atoms with E-state index < -0.39 is 0 Å². The molecule has 2 bridgehead atoms. The molecular weight excluding hydrogens is 396 g/mol. The maximum Gasteiger partial charge on any atom is 0.240 e. The van der Waals surface area contributed by atoms with Gasteiger partial charge < -0.3 is 14.6 Å². The third-order valence-corrected chi connectivity index (χ3v) is 5.49. The van der Waals surface area contributed by atoms with E-state index in [-0.39, 0.29) is 6.61 Å². The first kappa shape index (κ1) is 19.4. The van der Waals surface area contributed by atoms with E-state index in [9.17, 15) is 5.11 Å². The smallest absolute Gasteiger partial charge is 0.240 e. The van der Waals surface area contributed by atoms with Crippen LogP contribution in [0, 0.1) is 6.92 Å². The normalized spacial score (nSPS) is 13.9. The number of aromatic nitrogens is 6. The summed E-state index contributed by atoms with van der Waals surface area (Å²) in [5.41, 5.74) is 5.54. The lowest BCUT2D eigenvalue weighted by atomic mass is 10.1. The Morgan fingerprint density at radius 2 is 2.06 bits per heavy atom. The highest BCUT2D eigenvalue weighted by Crippen LogP contribution is 2.33. The number of H-pyrrole nitrogens is 1. The molecule has 31 heavy (non-hydrogen) atoms. The monoisotopic (exact) mass is 420 g/mol. The molecule has 1 aromatic carbocycles. The Morgan fingerprint density at radius 1 is 1.19 bits per heavy atom. The van der Waals surface area contributed by atoms with Crippen LogP contribution >= 0.6 is 0 Å². The van der Waals surface area contributed by atoms with E-state index in [1.807, 2.05) is 44.5 Å². The molecule has 4 heterocycles. The molecule has 160 valence electrons. The molecule has 1 aliphatic rings. The van der Waals surface area contributed by atoms with Crippen LogP contribution in [0.25, 0.3) is 34.2 Å². The number of aliphatic hydroxyl groups excluding tert-OH is 1. The summed E-state index contributed by atoms with van der Waals surface area (Å²) in [6.45, 7) is 3.36. The van der Waals surface area contributed by atoms with Crippen molar-refractivity contribution in [3.05, 3.63) is 41.3 Å². The summed E-state index contributed by atoms with van der Waals surface area (Å²) in [5.74, 6) is 1.27. The van der Waals surface area contributed by atoms with Gasteiger partial charge in [0.25, 0.3) is 0 Å². The Hall–Kier alpha value is -3.59. The van der Waals surface area contributed by atoms with Gasteiger partial charge in [0.1, 0.15) is 0 Å². The molecule has 0 radical (unpaired) electrons. The van der Waals surface area contributed by atoms with Gasteiger partial charge in [0.05, 0.1) is 54.9 Å². The van der Waals surface area contributed by atoms with Gasteiger partial charge in [-0.15, -0.1) is 5.10 Å². The molecule has 5 rings (SSSR count). The predicted molar refractivity (Wildman–Crippen MR) is 117 cm³/mol. The van der Waals surface area contributed by atoms with Crippen molar-refractivity contribution >= 4 is 23.1 Å². The van der Waals surface area contributed by atoms with Gasteiger partial charge in [0.2, 0.25) is 11.8 Å². The quantitative estimate of drug-likeness (QED) is 0.517. The highest BCUT2D eigenvalue weighted by atomic mass is 16.5. The third-order valence-electron chi connectivity index (χ3n) is 5.49. The topological polar surface area (TPSA) is 103 Å². The zero-order valence-electron chi connectivity index (χ0n) is 17.5. The van der Waals surface area contributed by atoms with Crippen LogP contribution in [-0.2, 0) is 13.6 Å². The van der Waals surface area contributed by atoms with Crippen molar-refractivity contribution in [2.45, 2.75) is 19.9 Å². The Balaban J connectivity index is 1.63. The van der Waals surface area contributed by atoms with Gasteiger partial charge in [-0.05, 0) is 36.8 Å². The lowest BCUT2D eigenvalue weighted by molar-refractivity contribution is 0.228. The number of nitrogens with one attached hydrogen (secondary N) is 1. The van der Waals surface area contributed by atoms with Crippen LogP contribution in [0.2, 0.25) is 0 Å². The van der Waals surface area contributed by atoms with E-state index in [4.69, 9.17) is 9.47 Å². The number of aromatic amines is 1. The van der Waals surface area contributed by atoms with Gasteiger partial charge in [0.15, 0.2) is 0 Å². The minimum atomic E-state index is 0.0138. The maximum atomic E-state index is 9.35. The molecule has 0 saturated carbocycles. The fraction of sp³-hybridized carbons (Fsp3) is 0.318. The first-order valence-corrected chi connectivity index (χ1v) is 10.3. The molecule has 9 heteroatoms. The average molecular weight is 420 g/mol. The Labute approximate surface area is 178 Å². The molecule has 0 atom stereocenters. The van der Waals surface area contributed by atoms with Gasteiger partial charge in [-0.3, -0.25) is 9.78 Å². The maximum absolute atomic E-state index is 9.35. The molecule has 0 aliphatic carbocycles. The van der Waals surface area contributed by atoms with Gasteiger partial charge in [-0.25, -0.2) is 4.68 Å². The molecule has 9 nitrogen and oxygen atoms in total. The Kier molecular flexibility index (Phi) is 4.95. The van der Waals surface area contributed by atoms with Crippen molar-refractivity contribution in [2.24, 2.45) is 7.05 Å². The molecule has 0 amide bonds. The van der Waals surface area contributed by atoms with E-state index in [2.05, 4.69) is 26.5 Å². The number of aryl methyl sites for hydroxylation is 1. The van der Waals surface area contributed by atoms with Crippen molar-refractivity contribution in [2.75, 3.05) is 19.8 Å². The van der Waals surface area contributed by atoms with Crippen molar-refractivity contribution in [3.63, 3.8) is 0 Å². The third kappa shape index (κ3) is 3.46. The number of ether oxygens (including phenoxy) is 2. The van der Waals surface area contributed by atoms with Crippen molar-refractivity contribution < 1.29 is 14.6 Å². The largest absolute Gasteiger partial charge is 0.477 e. The van der Waals surface area contributed by atoms with E-state index >= 15 is 0 Å². The summed E-state index contributed by atoms with van der Waals surface area (Å²) < 4.78 is 15.5. The highest BCUT2D eigenvalue weighted by molar-refractivity contribution is 5.93. The van der Waals surface area contributed by atoms with Crippen LogP contribution < -0.4 is 9.47 Å². The number of hydrogen-bond donors (Lipinski definition) is 2. The fourth-order valence-electron chi connectivity index (χ4n) is 3.83. The van der Waals surface area contributed by atoms with Crippen LogP contribution in [-0.4, -0.2) is 54.7 Å². The van der Waals surface area contributed by atoms with Crippen molar-refractivity contribution in [1.82, 2.24) is 29.8 Å². The molecule has 0 spiro atoms. The number of nitrogens with zero attached hydrogens (tertiary/aromatic N) is 5. The molecule has 0 saturated heterocycles. The van der Waals surface area contributed by atoms with E-state index in [1.165, 1.54) is 0 Å². The van der Waals surface area contributed by atoms with Crippen molar-refractivity contribution in [3.8, 4) is 22.9 Å². The van der Waals surface area contributed by atoms with Crippen LogP contribution in [0.1, 0.15) is 23.4 Å². The summed E-state index contributed by atoms with van der Waals surface area (Å²) in [7, 11) is 1.87. The molecule has 4 aromatic rings. The number of hydrogen-bond acceptors (Lipinski definition) is 6. The van der Waals surface area contributed by atoms with E-state index in [0.717, 1.165) is 44.9 Å². The van der Waals surface area contributed by atoms with Gasteiger partial charge in [0, 0.05) is 24.5 Å². The minimum Gasteiger partial charge on any atom is -0.477 e. The second-order valence-electron chi connectivity index (χ2n) is 7.49. The summed E-state index contributed by atoms with van der Waals surface area (Å²) in [6.07, 6.45) is 6.49. The standard InChI is InChI=1S/C22H24N6O3/c1-14-16-5-7-20-17-12-15(4-6-19(17)24-25-20)18-13-23-27(2)22(18)31-11-3-10-30-21(16)26-28(14)8-9-29/h4-7,12-13,29H,3,8-11H2,1-2H3,(H,24,25). The van der Waals surface area contributed by atoms with Gasteiger partial charge in [-0.1, -0.05) is 6.07 Å². The molecule has 0 unspecified atom stereocenters. The Bertz CT molecular complexity index is 1270. The first-order valence-electron chi connectivity index (χ1n) is 10.3. The first-order chi connectivity index (χ1) is 15.2. The molecular formula is C22H24N6O3. The SMILES string of the molecule is Cc1c2c(nn1CCO)OCCCOc1c(cnn1C)-c1ccc3n[nH]c(c3c1)C=C2. The van der Waals surface area contributed by atoms with E-state index in [1.54, 1.807) is 9.36 Å². The zero-order valence-corrected chi connectivity index (χ0v) is 17.5. The van der Waals surface area contributed by atoms with Crippen molar-refractivity contribution in [1.29, 1.82) is 0 Å². The molecule has 0 fully saturated rings. The Morgan fingerprint density at radius 3 is 2.94 bits per heavy atom. The van der Waals surface area contributed by atoms with Crippen LogP contribution in [0.15, 0.2) is 24.4 Å². The second kappa shape index (κ2) is 7.92. The second-order valence-corrected chi connectivity index (χ2v) is 7.49. The van der Waals surface area contributed by atoms with Crippen LogP contribution in [0.3, 0.4) is 0 Å². The molecule has 2 N–H and O–H groups in total. The summed E-state index contributed by atoms with van der Waals surface area (Å²) >= 11 is 0. The summed E-state index contributed by atoms with van der Waals surface area (Å²) in [4.78, 5) is 0.